The second-order valence-corrected chi connectivity index (χ2v) is 10.5. The number of imide groups is 1. The summed E-state index contributed by atoms with van der Waals surface area (Å²) in [6.07, 6.45) is 7.52. The van der Waals surface area contributed by atoms with Crippen LogP contribution in [0.15, 0.2) is 29.2 Å². The summed E-state index contributed by atoms with van der Waals surface area (Å²) in [4.78, 5) is 39.3. The van der Waals surface area contributed by atoms with Gasteiger partial charge in [-0.2, -0.15) is 8.78 Å². The van der Waals surface area contributed by atoms with Crippen molar-refractivity contribution < 1.29 is 27.9 Å². The fourth-order valence-corrected chi connectivity index (χ4v) is 7.22. The second kappa shape index (κ2) is 9.08. The summed E-state index contributed by atoms with van der Waals surface area (Å²) in [5.74, 6) is 2.31. The Kier molecular flexibility index (Phi) is 6.16. The van der Waals surface area contributed by atoms with Gasteiger partial charge in [0.2, 0.25) is 5.91 Å². The maximum absolute atomic E-state index is 12.9. The molecule has 3 amide bonds. The van der Waals surface area contributed by atoms with E-state index in [0.717, 1.165) is 54.2 Å². The Morgan fingerprint density at radius 2 is 1.73 bits per heavy atom. The average Bonchev–Trinajstić information content (AvgIpc) is 3.01. The van der Waals surface area contributed by atoms with Crippen LogP contribution in [0.4, 0.5) is 13.6 Å². The number of alkyl halides is 2. The van der Waals surface area contributed by atoms with Crippen molar-refractivity contribution >= 4 is 34.9 Å². The van der Waals surface area contributed by atoms with E-state index in [1.165, 1.54) is 30.7 Å². The van der Waals surface area contributed by atoms with Crippen LogP contribution < -0.4 is 10.1 Å². The first-order chi connectivity index (χ1) is 15.9. The monoisotopic (exact) mass is 476 g/mol. The topological polar surface area (TPSA) is 75.7 Å². The quantitative estimate of drug-likeness (QED) is 0.586. The van der Waals surface area contributed by atoms with E-state index in [1.807, 2.05) is 0 Å². The third-order valence-corrected chi connectivity index (χ3v) is 8.35. The van der Waals surface area contributed by atoms with Crippen molar-refractivity contribution in [1.29, 1.82) is 0 Å². The first-order valence-corrected chi connectivity index (χ1v) is 12.3. The van der Waals surface area contributed by atoms with Gasteiger partial charge in [0.15, 0.2) is 0 Å². The molecular formula is C24H26F2N2O4S. The number of halogens is 2. The van der Waals surface area contributed by atoms with Crippen molar-refractivity contribution in [2.45, 2.75) is 38.7 Å². The largest absolute Gasteiger partial charge is 0.435 e. The van der Waals surface area contributed by atoms with Crippen molar-refractivity contribution in [3.8, 4) is 5.75 Å². The third-order valence-electron chi connectivity index (χ3n) is 7.44. The molecule has 6 rings (SSSR count). The molecule has 1 aromatic carbocycles. The highest BCUT2D eigenvalue weighted by Gasteiger charge is 2.50. The summed E-state index contributed by atoms with van der Waals surface area (Å²) < 4.78 is 28.8. The molecule has 0 unspecified atom stereocenters. The predicted molar refractivity (Wildman–Crippen MR) is 119 cm³/mol. The first kappa shape index (κ1) is 22.4. The lowest BCUT2D eigenvalue weighted by atomic mass is 9.51. The maximum atomic E-state index is 12.9. The molecule has 1 aliphatic heterocycles. The second-order valence-electron chi connectivity index (χ2n) is 9.53. The van der Waals surface area contributed by atoms with Gasteiger partial charge in [0.05, 0.1) is 4.91 Å². The van der Waals surface area contributed by atoms with Gasteiger partial charge in [0, 0.05) is 19.0 Å². The normalized spacial score (nSPS) is 31.7. The number of rotatable bonds is 7. The summed E-state index contributed by atoms with van der Waals surface area (Å²) in [6, 6.07) is 5.83. The van der Waals surface area contributed by atoms with Gasteiger partial charge in [-0.1, -0.05) is 12.1 Å². The van der Waals surface area contributed by atoms with Crippen molar-refractivity contribution in [1.82, 2.24) is 10.2 Å². The molecule has 0 spiro atoms. The van der Waals surface area contributed by atoms with Crippen LogP contribution in [0.2, 0.25) is 0 Å². The van der Waals surface area contributed by atoms with Gasteiger partial charge in [-0.25, -0.2) is 0 Å². The summed E-state index contributed by atoms with van der Waals surface area (Å²) in [7, 11) is 0. The number of amides is 3. The van der Waals surface area contributed by atoms with Crippen molar-refractivity contribution in [2.75, 3.05) is 13.1 Å². The minimum atomic E-state index is -2.91. The van der Waals surface area contributed by atoms with Gasteiger partial charge >= 0.3 is 6.61 Å². The van der Waals surface area contributed by atoms with Crippen LogP contribution in [0.1, 0.15) is 37.7 Å². The van der Waals surface area contributed by atoms with E-state index in [4.69, 9.17) is 0 Å². The molecule has 5 aliphatic rings. The van der Waals surface area contributed by atoms with Crippen LogP contribution in [0.25, 0.3) is 6.08 Å². The average molecular weight is 477 g/mol. The van der Waals surface area contributed by atoms with Gasteiger partial charge < -0.3 is 10.1 Å². The molecule has 9 heteroatoms. The molecule has 176 valence electrons. The molecule has 1 saturated heterocycles. The van der Waals surface area contributed by atoms with Gasteiger partial charge in [-0.15, -0.1) is 0 Å². The SMILES string of the molecule is O=C(NCCN1C(=O)SC(=Cc2ccc(OC(F)F)cc2)C1=O)C1C2CC3CC(C2)CC1C3. The summed E-state index contributed by atoms with van der Waals surface area (Å²) in [5, 5.41) is 2.59. The number of hydrogen-bond donors (Lipinski definition) is 1. The summed E-state index contributed by atoms with van der Waals surface area (Å²) in [5.41, 5.74) is 0.595. The van der Waals surface area contributed by atoms with Gasteiger partial charge in [-0.05, 0) is 91.3 Å². The molecule has 4 saturated carbocycles. The van der Waals surface area contributed by atoms with Crippen molar-refractivity contribution in [3.05, 3.63) is 34.7 Å². The lowest BCUT2D eigenvalue weighted by Gasteiger charge is -2.53. The molecule has 1 heterocycles. The van der Waals surface area contributed by atoms with Crippen molar-refractivity contribution in [2.24, 2.45) is 29.6 Å². The van der Waals surface area contributed by atoms with E-state index < -0.39 is 12.5 Å². The van der Waals surface area contributed by atoms with Gasteiger partial charge in [-0.3, -0.25) is 19.3 Å². The number of thioether (sulfide) groups is 1. The minimum Gasteiger partial charge on any atom is -0.435 e. The predicted octanol–water partition coefficient (Wildman–Crippen LogP) is 4.51. The summed E-state index contributed by atoms with van der Waals surface area (Å²) in [6.45, 7) is -2.54. The molecule has 0 aromatic heterocycles. The van der Waals surface area contributed by atoms with E-state index >= 15 is 0 Å². The molecule has 33 heavy (non-hydrogen) atoms. The maximum Gasteiger partial charge on any atom is 0.387 e. The smallest absolute Gasteiger partial charge is 0.387 e. The third kappa shape index (κ3) is 4.65. The number of benzene rings is 1. The van der Waals surface area contributed by atoms with Crippen LogP contribution in [0.5, 0.6) is 5.75 Å². The number of ether oxygens (including phenoxy) is 1. The number of carbonyl (C=O) groups is 3. The van der Waals surface area contributed by atoms with Gasteiger partial charge in [0.25, 0.3) is 11.1 Å². The minimum absolute atomic E-state index is 0.0186. The Balaban J connectivity index is 1.15. The fourth-order valence-electron chi connectivity index (χ4n) is 6.35. The number of nitrogens with one attached hydrogen (secondary N) is 1. The van der Waals surface area contributed by atoms with E-state index in [2.05, 4.69) is 10.1 Å². The van der Waals surface area contributed by atoms with Crippen molar-refractivity contribution in [3.63, 3.8) is 0 Å². The van der Waals surface area contributed by atoms with E-state index in [9.17, 15) is 23.2 Å². The van der Waals surface area contributed by atoms with Crippen LogP contribution in [0.3, 0.4) is 0 Å². The highest BCUT2D eigenvalue weighted by Crippen LogP contribution is 2.56. The van der Waals surface area contributed by atoms with Crippen LogP contribution >= 0.6 is 11.8 Å². The lowest BCUT2D eigenvalue weighted by molar-refractivity contribution is -0.138. The Morgan fingerprint density at radius 1 is 1.09 bits per heavy atom. The fraction of sp³-hybridized carbons (Fsp3) is 0.542. The zero-order valence-electron chi connectivity index (χ0n) is 18.0. The molecule has 1 N–H and O–H groups in total. The molecule has 0 atom stereocenters. The Hall–Kier alpha value is -2.42. The molecule has 0 radical (unpaired) electrons. The Bertz CT molecular complexity index is 953. The first-order valence-electron chi connectivity index (χ1n) is 11.5. The molecule has 6 nitrogen and oxygen atoms in total. The zero-order valence-corrected chi connectivity index (χ0v) is 18.9. The molecule has 4 bridgehead atoms. The Labute approximate surface area is 195 Å². The van der Waals surface area contributed by atoms with Crippen LogP contribution in [-0.4, -0.2) is 41.7 Å². The molecule has 1 aromatic rings. The standard InChI is InChI=1S/C24H26F2N2O4S/c25-23(26)32-18-3-1-13(2-4-18)12-19-22(30)28(24(31)33-19)6-5-27-21(29)20-16-8-14-7-15(10-16)11-17(20)9-14/h1-4,12,14-17,20,23H,5-11H2,(H,27,29). The Morgan fingerprint density at radius 3 is 2.33 bits per heavy atom. The number of hydrogen-bond acceptors (Lipinski definition) is 5. The highest BCUT2D eigenvalue weighted by molar-refractivity contribution is 8.18. The van der Waals surface area contributed by atoms with E-state index in [-0.39, 0.29) is 40.8 Å². The van der Waals surface area contributed by atoms with E-state index in [1.54, 1.807) is 6.08 Å². The molecule has 4 aliphatic carbocycles. The number of nitrogens with zero attached hydrogens (tertiary/aromatic N) is 1. The summed E-state index contributed by atoms with van der Waals surface area (Å²) >= 11 is 0.832. The molecule has 5 fully saturated rings. The highest BCUT2D eigenvalue weighted by atomic mass is 32.2. The van der Waals surface area contributed by atoms with Crippen LogP contribution in [-0.2, 0) is 9.59 Å². The lowest BCUT2D eigenvalue weighted by Crippen LogP contribution is -2.51. The molecular weight excluding hydrogens is 450 g/mol. The zero-order chi connectivity index (χ0) is 23.1. The van der Waals surface area contributed by atoms with E-state index in [0.29, 0.717) is 17.4 Å². The van der Waals surface area contributed by atoms with Crippen LogP contribution in [0, 0.1) is 29.6 Å². The number of carbonyl (C=O) groups excluding carboxylic acids is 3. The van der Waals surface area contributed by atoms with Gasteiger partial charge in [0.1, 0.15) is 5.75 Å².